The number of hydrogen-bond acceptors (Lipinski definition) is 4. The van der Waals surface area contributed by atoms with Gasteiger partial charge in [0.05, 0.1) is 11.4 Å². The van der Waals surface area contributed by atoms with Crippen LogP contribution in [0.5, 0.6) is 0 Å². The number of halogens is 1. The quantitative estimate of drug-likeness (QED) is 0.911. The number of hydrogen-bond donors (Lipinski definition) is 1. The Hall–Kier alpha value is -2.00. The first-order valence-electron chi connectivity index (χ1n) is 5.70. The monoisotopic (exact) mass is 299 g/mol. The molecule has 1 aromatic heterocycles. The molecule has 0 amide bonds. The van der Waals surface area contributed by atoms with Crippen molar-refractivity contribution in [1.82, 2.24) is 19.3 Å². The van der Waals surface area contributed by atoms with Crippen LogP contribution < -0.4 is 4.72 Å². The van der Waals surface area contributed by atoms with Gasteiger partial charge in [-0.1, -0.05) is 5.21 Å². The lowest BCUT2D eigenvalue weighted by Gasteiger charge is -2.11. The Morgan fingerprint density at radius 3 is 2.40 bits per heavy atom. The summed E-state index contributed by atoms with van der Waals surface area (Å²) in [6.07, 6.45) is 0. The van der Waals surface area contributed by atoms with E-state index in [0.29, 0.717) is 11.4 Å². The van der Waals surface area contributed by atoms with Gasteiger partial charge in [0.2, 0.25) is 0 Å². The van der Waals surface area contributed by atoms with E-state index in [9.17, 15) is 12.8 Å². The maximum atomic E-state index is 12.9. The Bertz CT molecular complexity index is 709. The predicted octanol–water partition coefficient (Wildman–Crippen LogP) is 0.933. The molecule has 0 saturated carbocycles. The molecule has 0 unspecified atom stereocenters. The van der Waals surface area contributed by atoms with Crippen LogP contribution in [-0.4, -0.2) is 41.8 Å². The van der Waals surface area contributed by atoms with Crippen molar-refractivity contribution in [2.24, 2.45) is 0 Å². The molecule has 0 aliphatic rings. The van der Waals surface area contributed by atoms with Crippen molar-refractivity contribution >= 4 is 16.0 Å². The highest BCUT2D eigenvalue weighted by Gasteiger charge is 2.18. The Morgan fingerprint density at radius 2 is 1.85 bits per heavy atom. The Kier molecular flexibility index (Phi) is 3.73. The van der Waals surface area contributed by atoms with Crippen LogP contribution in [0.3, 0.4) is 0 Å². The van der Waals surface area contributed by atoms with Gasteiger partial charge in [-0.2, -0.15) is 12.7 Å². The Labute approximate surface area is 116 Å². The summed E-state index contributed by atoms with van der Waals surface area (Å²) in [5.41, 5.74) is 1.09. The standard InChI is InChI=1S/C11H14FN5O2S/c1-8-11(14-20(18,19)16(2)3)13-15-17(8)10-6-4-9(12)5-7-10/h4-7,14H,1-3H3. The average molecular weight is 299 g/mol. The minimum absolute atomic E-state index is 0.128. The van der Waals surface area contributed by atoms with Gasteiger partial charge in [-0.15, -0.1) is 5.10 Å². The van der Waals surface area contributed by atoms with E-state index in [1.54, 1.807) is 6.92 Å². The van der Waals surface area contributed by atoms with Crippen LogP contribution in [0.25, 0.3) is 5.69 Å². The molecule has 7 nitrogen and oxygen atoms in total. The normalized spacial score (nSPS) is 11.8. The molecule has 0 saturated heterocycles. The second-order valence-corrected chi connectivity index (χ2v) is 6.19. The minimum atomic E-state index is -3.64. The average Bonchev–Trinajstić information content (AvgIpc) is 2.72. The number of anilines is 1. The molecule has 2 aromatic rings. The lowest BCUT2D eigenvalue weighted by molar-refractivity contribution is 0.526. The van der Waals surface area contributed by atoms with Gasteiger partial charge in [0.25, 0.3) is 0 Å². The highest BCUT2D eigenvalue weighted by Crippen LogP contribution is 2.17. The number of benzene rings is 1. The minimum Gasteiger partial charge on any atom is -0.251 e. The molecule has 0 atom stereocenters. The highest BCUT2D eigenvalue weighted by atomic mass is 32.2. The first-order valence-corrected chi connectivity index (χ1v) is 7.14. The van der Waals surface area contributed by atoms with E-state index in [-0.39, 0.29) is 11.6 Å². The van der Waals surface area contributed by atoms with Crippen LogP contribution in [0.15, 0.2) is 24.3 Å². The molecule has 108 valence electrons. The summed E-state index contributed by atoms with van der Waals surface area (Å²) in [7, 11) is -0.832. The van der Waals surface area contributed by atoms with E-state index in [4.69, 9.17) is 0 Å². The second-order valence-electron chi connectivity index (χ2n) is 4.30. The van der Waals surface area contributed by atoms with Crippen LogP contribution in [0.4, 0.5) is 10.2 Å². The van der Waals surface area contributed by atoms with Crippen LogP contribution in [0, 0.1) is 12.7 Å². The molecule has 1 heterocycles. The van der Waals surface area contributed by atoms with Gasteiger partial charge in [0, 0.05) is 14.1 Å². The van der Waals surface area contributed by atoms with Crippen molar-refractivity contribution in [3.8, 4) is 5.69 Å². The van der Waals surface area contributed by atoms with Gasteiger partial charge in [0.1, 0.15) is 5.82 Å². The zero-order chi connectivity index (χ0) is 14.9. The van der Waals surface area contributed by atoms with Gasteiger partial charge < -0.3 is 0 Å². The molecule has 1 N–H and O–H groups in total. The molecule has 20 heavy (non-hydrogen) atoms. The molecule has 0 bridgehead atoms. The molecule has 0 aliphatic heterocycles. The third-order valence-corrected chi connectivity index (χ3v) is 4.08. The number of rotatable bonds is 4. The number of nitrogens with zero attached hydrogens (tertiary/aromatic N) is 4. The molecule has 2 rings (SSSR count). The van der Waals surface area contributed by atoms with Gasteiger partial charge in [0.15, 0.2) is 5.82 Å². The zero-order valence-electron chi connectivity index (χ0n) is 11.2. The summed E-state index contributed by atoms with van der Waals surface area (Å²) in [4.78, 5) is 0. The summed E-state index contributed by atoms with van der Waals surface area (Å²) in [6, 6.07) is 5.64. The first-order chi connectivity index (χ1) is 9.31. The molecule has 9 heteroatoms. The summed E-state index contributed by atoms with van der Waals surface area (Å²) in [5, 5.41) is 7.64. The van der Waals surface area contributed by atoms with Gasteiger partial charge in [-0.05, 0) is 31.2 Å². The van der Waals surface area contributed by atoms with E-state index >= 15 is 0 Å². The van der Waals surface area contributed by atoms with Crippen molar-refractivity contribution in [2.75, 3.05) is 18.8 Å². The summed E-state index contributed by atoms with van der Waals surface area (Å²) in [5.74, 6) is -0.233. The topological polar surface area (TPSA) is 80.1 Å². The van der Waals surface area contributed by atoms with Crippen LogP contribution in [0.1, 0.15) is 5.69 Å². The fourth-order valence-corrected chi connectivity index (χ4v) is 2.08. The SMILES string of the molecule is Cc1c(NS(=O)(=O)N(C)C)nnn1-c1ccc(F)cc1. The molecule has 0 fully saturated rings. The van der Waals surface area contributed by atoms with Crippen LogP contribution >= 0.6 is 0 Å². The first kappa shape index (κ1) is 14.4. The largest absolute Gasteiger partial charge is 0.302 e. The third-order valence-electron chi connectivity index (χ3n) is 2.67. The van der Waals surface area contributed by atoms with E-state index < -0.39 is 10.2 Å². The van der Waals surface area contributed by atoms with Crippen molar-refractivity contribution in [3.05, 3.63) is 35.8 Å². The smallest absolute Gasteiger partial charge is 0.251 e. The zero-order valence-corrected chi connectivity index (χ0v) is 12.0. The lowest BCUT2D eigenvalue weighted by Crippen LogP contribution is -2.29. The fourth-order valence-electron chi connectivity index (χ4n) is 1.46. The Morgan fingerprint density at radius 1 is 1.25 bits per heavy atom. The summed E-state index contributed by atoms with van der Waals surface area (Å²) < 4.78 is 41.1. The van der Waals surface area contributed by atoms with Crippen molar-refractivity contribution in [3.63, 3.8) is 0 Å². The highest BCUT2D eigenvalue weighted by molar-refractivity contribution is 7.90. The van der Waals surface area contributed by atoms with Crippen LogP contribution in [0.2, 0.25) is 0 Å². The molecular weight excluding hydrogens is 285 g/mol. The molecule has 0 spiro atoms. The predicted molar refractivity (Wildman–Crippen MR) is 72.3 cm³/mol. The summed E-state index contributed by atoms with van der Waals surface area (Å²) in [6.45, 7) is 1.66. The van der Waals surface area contributed by atoms with Crippen LogP contribution in [-0.2, 0) is 10.2 Å². The van der Waals surface area contributed by atoms with Gasteiger partial charge in [-0.25, -0.2) is 9.07 Å². The number of aromatic nitrogens is 3. The van der Waals surface area contributed by atoms with E-state index in [1.165, 1.54) is 43.0 Å². The van der Waals surface area contributed by atoms with Gasteiger partial charge >= 0.3 is 10.2 Å². The van der Waals surface area contributed by atoms with E-state index in [1.807, 2.05) is 0 Å². The lowest BCUT2D eigenvalue weighted by atomic mass is 10.3. The fraction of sp³-hybridized carbons (Fsp3) is 0.273. The third kappa shape index (κ3) is 2.78. The van der Waals surface area contributed by atoms with Crippen molar-refractivity contribution in [2.45, 2.75) is 6.92 Å². The molecule has 0 radical (unpaired) electrons. The summed E-state index contributed by atoms with van der Waals surface area (Å²) >= 11 is 0. The molecule has 0 aliphatic carbocycles. The maximum Gasteiger partial charge on any atom is 0.302 e. The van der Waals surface area contributed by atoms with Crippen molar-refractivity contribution in [1.29, 1.82) is 0 Å². The Balaban J connectivity index is 2.35. The van der Waals surface area contributed by atoms with Gasteiger partial charge in [-0.3, -0.25) is 4.72 Å². The van der Waals surface area contributed by atoms with Crippen molar-refractivity contribution < 1.29 is 12.8 Å². The number of nitrogens with one attached hydrogen (secondary N) is 1. The molecular formula is C11H14FN5O2S. The maximum absolute atomic E-state index is 12.9. The second kappa shape index (κ2) is 5.17. The molecule has 1 aromatic carbocycles. The van der Waals surface area contributed by atoms with E-state index in [0.717, 1.165) is 4.31 Å². The van der Waals surface area contributed by atoms with E-state index in [2.05, 4.69) is 15.0 Å².